The van der Waals surface area contributed by atoms with Crippen LogP contribution < -0.4 is 10.5 Å². The van der Waals surface area contributed by atoms with Gasteiger partial charge in [0.2, 0.25) is 0 Å². The highest BCUT2D eigenvalue weighted by Gasteiger charge is 2.48. The zero-order valence-corrected chi connectivity index (χ0v) is 30.3. The van der Waals surface area contributed by atoms with E-state index in [2.05, 4.69) is 32.9 Å². The number of aryl methyl sites for hydroxylation is 1. The van der Waals surface area contributed by atoms with Gasteiger partial charge in [-0.05, 0) is 38.0 Å². The number of halogens is 3. The molecule has 0 bridgehead atoms. The van der Waals surface area contributed by atoms with Gasteiger partial charge in [0, 0.05) is 88.3 Å². The van der Waals surface area contributed by atoms with Crippen molar-refractivity contribution in [2.75, 3.05) is 25.0 Å². The molecule has 2 aromatic carbocycles. The Labute approximate surface area is 311 Å². The molecule has 1 saturated heterocycles. The van der Waals surface area contributed by atoms with E-state index in [1.54, 1.807) is 52.5 Å². The number of thiophene rings is 1. The van der Waals surface area contributed by atoms with Crippen LogP contribution in [0, 0.1) is 30.1 Å². The van der Waals surface area contributed by atoms with Crippen molar-refractivity contribution in [3.63, 3.8) is 0 Å². The summed E-state index contributed by atoms with van der Waals surface area (Å²) >= 11 is 7.78. The summed E-state index contributed by atoms with van der Waals surface area (Å²) in [5.74, 6) is 3.18. The summed E-state index contributed by atoms with van der Waals surface area (Å²) in [6.07, 6.45) is 2.81. The molecule has 4 aromatic heterocycles. The molecule has 0 unspecified atom stereocenters. The lowest BCUT2D eigenvalue weighted by Gasteiger charge is -2.46. The Morgan fingerprint density at radius 1 is 1.17 bits per heavy atom. The van der Waals surface area contributed by atoms with Crippen LogP contribution in [0.2, 0.25) is 5.02 Å². The smallest absolute Gasteiger partial charge is 0.337 e. The van der Waals surface area contributed by atoms with Crippen LogP contribution >= 0.6 is 22.9 Å². The molecule has 2 fully saturated rings. The summed E-state index contributed by atoms with van der Waals surface area (Å²) in [4.78, 5) is 35.0. The molecular formula is C39H32ClF2N7O3S. The zero-order chi connectivity index (χ0) is 37.2. The van der Waals surface area contributed by atoms with Gasteiger partial charge in [-0.25, -0.2) is 23.1 Å². The van der Waals surface area contributed by atoms with E-state index in [0.29, 0.717) is 51.7 Å². The molecule has 1 aliphatic carbocycles. The van der Waals surface area contributed by atoms with Crippen LogP contribution in [-0.2, 0) is 6.54 Å². The lowest BCUT2D eigenvalue weighted by atomic mass is 9.85. The van der Waals surface area contributed by atoms with E-state index in [-0.39, 0.29) is 48.0 Å². The van der Waals surface area contributed by atoms with Crippen molar-refractivity contribution < 1.29 is 18.7 Å². The van der Waals surface area contributed by atoms with Gasteiger partial charge in [-0.3, -0.25) is 14.3 Å². The number of carboxylic acid groups (broad SMARTS) is 1. The quantitative estimate of drug-likeness (QED) is 0.178. The number of carboxylic acids is 1. The first-order valence-electron chi connectivity index (χ1n) is 17.1. The fourth-order valence-electron chi connectivity index (χ4n) is 7.69. The van der Waals surface area contributed by atoms with Crippen molar-refractivity contribution in [1.29, 1.82) is 5.26 Å². The molecule has 6 aromatic rings. The van der Waals surface area contributed by atoms with Crippen molar-refractivity contribution in [3.8, 4) is 29.0 Å². The molecule has 1 saturated carbocycles. The predicted octanol–water partition coefficient (Wildman–Crippen LogP) is 7.21. The van der Waals surface area contributed by atoms with Crippen molar-refractivity contribution in [1.82, 2.24) is 24.1 Å². The van der Waals surface area contributed by atoms with Crippen LogP contribution in [0.15, 0.2) is 58.8 Å². The summed E-state index contributed by atoms with van der Waals surface area (Å²) in [5, 5.41) is 27.8. The third-order valence-electron chi connectivity index (χ3n) is 10.5. The summed E-state index contributed by atoms with van der Waals surface area (Å²) in [6.45, 7) is 3.14. The first-order valence-corrected chi connectivity index (χ1v) is 18.4. The molecule has 0 spiro atoms. The number of pyridine rings is 1. The molecule has 10 nitrogen and oxygen atoms in total. The van der Waals surface area contributed by atoms with Gasteiger partial charge in [-0.2, -0.15) is 10.4 Å². The highest BCUT2D eigenvalue weighted by Crippen LogP contribution is 2.42. The average Bonchev–Trinajstić information content (AvgIpc) is 3.75. The monoisotopic (exact) mass is 751 g/mol. The molecule has 14 heteroatoms. The molecule has 1 N–H and O–H groups in total. The van der Waals surface area contributed by atoms with Gasteiger partial charge in [0.15, 0.2) is 0 Å². The Kier molecular flexibility index (Phi) is 8.69. The SMILES string of the molecule is Cc1cc2n(CC#Cc3ccc(Cl)cc3-c3cccc4c(C(=O)O)csc34)c(=O)c3c(C#N)c(N(C)C4CCN(C5CC(F)(F)C5)CC4)ncc3n2n1. The van der Waals surface area contributed by atoms with E-state index in [1.807, 2.05) is 24.9 Å². The van der Waals surface area contributed by atoms with Crippen LogP contribution in [0.3, 0.4) is 0 Å². The number of fused-ring (bicyclic) bond motifs is 4. The molecule has 0 radical (unpaired) electrons. The van der Waals surface area contributed by atoms with Crippen LogP contribution in [0.5, 0.6) is 0 Å². The Hall–Kier alpha value is -5.34. The molecular weight excluding hydrogens is 720 g/mol. The highest BCUT2D eigenvalue weighted by molar-refractivity contribution is 7.18. The molecule has 2 aliphatic rings. The van der Waals surface area contributed by atoms with E-state index in [0.717, 1.165) is 28.7 Å². The zero-order valence-electron chi connectivity index (χ0n) is 28.7. The maximum absolute atomic E-state index is 14.4. The molecule has 1 aliphatic heterocycles. The Morgan fingerprint density at radius 3 is 2.66 bits per heavy atom. The van der Waals surface area contributed by atoms with Crippen LogP contribution in [0.25, 0.3) is 37.8 Å². The second-order valence-electron chi connectivity index (χ2n) is 13.7. The molecule has 0 amide bonds. The molecule has 0 atom stereocenters. The van der Waals surface area contributed by atoms with Crippen LogP contribution in [0.1, 0.15) is 52.9 Å². The van der Waals surface area contributed by atoms with E-state index < -0.39 is 17.5 Å². The average molecular weight is 752 g/mol. The number of aromatic carboxylic acids is 1. The lowest BCUT2D eigenvalue weighted by Crippen LogP contribution is -2.55. The number of piperidine rings is 1. The maximum Gasteiger partial charge on any atom is 0.337 e. The molecule has 8 rings (SSSR count). The number of nitrogens with zero attached hydrogens (tertiary/aromatic N) is 7. The number of anilines is 1. The number of hydrogen-bond acceptors (Lipinski definition) is 8. The third-order valence-corrected chi connectivity index (χ3v) is 11.7. The minimum Gasteiger partial charge on any atom is -0.478 e. The van der Waals surface area contributed by atoms with Gasteiger partial charge >= 0.3 is 5.97 Å². The summed E-state index contributed by atoms with van der Waals surface area (Å²) in [5.41, 5.74) is 3.69. The predicted molar refractivity (Wildman–Crippen MR) is 201 cm³/mol. The van der Waals surface area contributed by atoms with Crippen LogP contribution in [0.4, 0.5) is 14.6 Å². The van der Waals surface area contributed by atoms with Crippen molar-refractivity contribution in [3.05, 3.63) is 91.8 Å². The number of hydrogen-bond donors (Lipinski definition) is 1. The fourth-order valence-corrected chi connectivity index (χ4v) is 8.93. The van der Waals surface area contributed by atoms with Gasteiger partial charge in [0.1, 0.15) is 23.1 Å². The molecule has 268 valence electrons. The summed E-state index contributed by atoms with van der Waals surface area (Å²) in [7, 11) is 1.86. The first-order chi connectivity index (χ1) is 25.4. The second-order valence-corrected chi connectivity index (χ2v) is 15.0. The second kappa shape index (κ2) is 13.3. The number of alkyl halides is 2. The largest absolute Gasteiger partial charge is 0.478 e. The number of carbonyl (C=O) groups is 1. The number of nitriles is 1. The van der Waals surface area contributed by atoms with Crippen molar-refractivity contribution in [2.45, 2.75) is 57.2 Å². The molecule has 53 heavy (non-hydrogen) atoms. The van der Waals surface area contributed by atoms with E-state index in [4.69, 9.17) is 11.6 Å². The summed E-state index contributed by atoms with van der Waals surface area (Å²) in [6, 6.07) is 14.7. The third kappa shape index (κ3) is 6.09. The number of likely N-dealkylation sites (tertiary alicyclic amines) is 1. The van der Waals surface area contributed by atoms with Gasteiger partial charge < -0.3 is 10.0 Å². The van der Waals surface area contributed by atoms with Crippen molar-refractivity contribution >= 4 is 61.4 Å². The van der Waals surface area contributed by atoms with Crippen LogP contribution in [-0.4, -0.2) is 73.3 Å². The van der Waals surface area contributed by atoms with E-state index in [9.17, 15) is 28.7 Å². The van der Waals surface area contributed by atoms with E-state index >= 15 is 0 Å². The Morgan fingerprint density at radius 2 is 1.94 bits per heavy atom. The Balaban J connectivity index is 1.15. The maximum atomic E-state index is 14.4. The highest BCUT2D eigenvalue weighted by atomic mass is 35.5. The van der Waals surface area contributed by atoms with Crippen molar-refractivity contribution in [2.24, 2.45) is 0 Å². The normalized spacial score (nSPS) is 16.4. The van der Waals surface area contributed by atoms with Gasteiger partial charge in [0.05, 0.1) is 34.9 Å². The lowest BCUT2D eigenvalue weighted by molar-refractivity contribution is -0.127. The molecule has 5 heterocycles. The number of benzene rings is 2. The topological polar surface area (TPSA) is 120 Å². The number of aromatic nitrogens is 4. The minimum absolute atomic E-state index is 0.0111. The number of rotatable bonds is 6. The standard InChI is InChI=1S/C39H32ClF2N7O3S/c1-22-15-33-48(12-4-5-23-8-9-24(40)16-29(23)27-6-3-7-28-31(38(51)52)21-53-35(27)28)37(50)34-30(19-43)36(44-20-32(34)49(33)45-22)46(2)25-10-13-47(14-11-25)26-17-39(41,42)18-26/h3,6-9,15-16,20-21,25-26H,10-14,17-18H2,1-2H3,(H,51,52). The Bertz CT molecular complexity index is 2640. The van der Waals surface area contributed by atoms with Gasteiger partial charge in [-0.1, -0.05) is 41.6 Å². The van der Waals surface area contributed by atoms with E-state index in [1.165, 1.54) is 15.9 Å². The first kappa shape index (κ1) is 34.7. The fraction of sp³-hybridized carbons (Fsp3) is 0.308. The summed E-state index contributed by atoms with van der Waals surface area (Å²) < 4.78 is 30.9. The van der Waals surface area contributed by atoms with Gasteiger partial charge in [0.25, 0.3) is 11.5 Å². The minimum atomic E-state index is -2.57. The van der Waals surface area contributed by atoms with Gasteiger partial charge in [-0.15, -0.1) is 11.3 Å².